The van der Waals surface area contributed by atoms with E-state index < -0.39 is 50.7 Å². The lowest BCUT2D eigenvalue weighted by Gasteiger charge is -2.22. The Bertz CT molecular complexity index is 676. The number of benzene rings is 1. The largest absolute Gasteiger partial charge is 0.477 e. The van der Waals surface area contributed by atoms with Crippen molar-refractivity contribution in [1.82, 2.24) is 4.31 Å². The van der Waals surface area contributed by atoms with Crippen LogP contribution in [0, 0.1) is 11.6 Å². The maximum absolute atomic E-state index is 14.1. The summed E-state index contributed by atoms with van der Waals surface area (Å²) in [5, 5.41) is 17.9. The number of carbonyl (C=O) groups is 1. The molecule has 1 heterocycles. The Kier molecular flexibility index (Phi) is 4.26. The molecule has 1 aromatic carbocycles. The Morgan fingerprint density at radius 2 is 2.05 bits per heavy atom. The molecule has 0 amide bonds. The van der Waals surface area contributed by atoms with Gasteiger partial charge in [0.25, 0.3) is 0 Å². The van der Waals surface area contributed by atoms with Crippen LogP contribution in [0.3, 0.4) is 0 Å². The molecule has 1 aliphatic heterocycles. The number of aromatic carboxylic acids is 1. The van der Waals surface area contributed by atoms with E-state index in [9.17, 15) is 22.0 Å². The second-order valence-electron chi connectivity index (χ2n) is 4.63. The Balaban J connectivity index is 2.56. The van der Waals surface area contributed by atoms with E-state index in [1.807, 2.05) is 0 Å². The highest BCUT2D eigenvalue weighted by Gasteiger charge is 2.37. The van der Waals surface area contributed by atoms with Gasteiger partial charge in [-0.3, -0.25) is 0 Å². The molecule has 0 aromatic heterocycles. The molecule has 21 heavy (non-hydrogen) atoms. The van der Waals surface area contributed by atoms with Crippen LogP contribution in [-0.2, 0) is 10.0 Å². The number of hydrogen-bond donors (Lipinski definition) is 2. The van der Waals surface area contributed by atoms with Gasteiger partial charge in [0.1, 0.15) is 16.3 Å². The summed E-state index contributed by atoms with van der Waals surface area (Å²) in [6.45, 7) is -0.333. The molecule has 0 bridgehead atoms. The molecule has 1 aromatic rings. The molecule has 0 spiro atoms. The normalized spacial score (nSPS) is 19.9. The average molecular weight is 321 g/mol. The van der Waals surface area contributed by atoms with E-state index >= 15 is 0 Å². The van der Waals surface area contributed by atoms with E-state index in [0.29, 0.717) is 25.0 Å². The number of aliphatic hydroxyl groups excluding tert-OH is 1. The van der Waals surface area contributed by atoms with Gasteiger partial charge in [0, 0.05) is 12.6 Å². The van der Waals surface area contributed by atoms with Gasteiger partial charge in [-0.2, -0.15) is 4.31 Å². The molecule has 0 unspecified atom stereocenters. The van der Waals surface area contributed by atoms with Crippen molar-refractivity contribution < 1.29 is 32.2 Å². The zero-order valence-corrected chi connectivity index (χ0v) is 11.6. The van der Waals surface area contributed by atoms with Crippen LogP contribution in [0.1, 0.15) is 23.2 Å². The van der Waals surface area contributed by atoms with Gasteiger partial charge >= 0.3 is 5.97 Å². The molecule has 0 saturated carbocycles. The van der Waals surface area contributed by atoms with Crippen molar-refractivity contribution in [2.45, 2.75) is 23.8 Å². The standard InChI is InChI=1S/C12H13F2NO5S/c13-8-3-4-9(11(14)10(8)12(17)18)21(19,20)15-5-1-2-7(15)6-16/h3-4,7,16H,1-2,5-6H2,(H,17,18)/t7-/m1/s1. The molecule has 1 atom stereocenters. The van der Waals surface area contributed by atoms with Gasteiger partial charge in [-0.15, -0.1) is 0 Å². The summed E-state index contributed by atoms with van der Waals surface area (Å²) in [5.74, 6) is -4.87. The van der Waals surface area contributed by atoms with Gasteiger partial charge in [0.15, 0.2) is 5.82 Å². The van der Waals surface area contributed by atoms with E-state index in [1.165, 1.54) is 0 Å². The molecule has 2 N–H and O–H groups in total. The Hall–Kier alpha value is -1.58. The molecule has 1 aliphatic rings. The minimum Gasteiger partial charge on any atom is -0.477 e. The first kappa shape index (κ1) is 15.8. The van der Waals surface area contributed by atoms with Gasteiger partial charge in [-0.1, -0.05) is 0 Å². The second-order valence-corrected chi connectivity index (χ2v) is 6.49. The molecule has 9 heteroatoms. The SMILES string of the molecule is O=C(O)c1c(F)ccc(S(=O)(=O)N2CCC[C@@H]2CO)c1F. The fourth-order valence-corrected chi connectivity index (χ4v) is 4.12. The average Bonchev–Trinajstić information content (AvgIpc) is 2.86. The second kappa shape index (κ2) is 5.66. The Labute approximate surface area is 119 Å². The maximum atomic E-state index is 14.1. The number of halogens is 2. The minimum absolute atomic E-state index is 0.0901. The van der Waals surface area contributed by atoms with Crippen molar-refractivity contribution in [2.75, 3.05) is 13.2 Å². The number of nitrogens with zero attached hydrogens (tertiary/aromatic N) is 1. The molecule has 6 nitrogen and oxygen atoms in total. The molecule has 2 rings (SSSR count). The number of carboxylic acid groups (broad SMARTS) is 1. The lowest BCUT2D eigenvalue weighted by Crippen LogP contribution is -2.38. The lowest BCUT2D eigenvalue weighted by molar-refractivity contribution is 0.0685. The number of aliphatic hydroxyl groups is 1. The van der Waals surface area contributed by atoms with Crippen molar-refractivity contribution in [3.63, 3.8) is 0 Å². The van der Waals surface area contributed by atoms with Crippen LogP contribution >= 0.6 is 0 Å². The monoisotopic (exact) mass is 321 g/mol. The molecule has 0 radical (unpaired) electrons. The van der Waals surface area contributed by atoms with E-state index in [-0.39, 0.29) is 6.54 Å². The van der Waals surface area contributed by atoms with E-state index in [1.54, 1.807) is 0 Å². The highest BCUT2D eigenvalue weighted by atomic mass is 32.2. The third-order valence-electron chi connectivity index (χ3n) is 3.39. The van der Waals surface area contributed by atoms with Gasteiger partial charge in [0.05, 0.1) is 6.61 Å². The lowest BCUT2D eigenvalue weighted by atomic mass is 10.2. The van der Waals surface area contributed by atoms with Crippen LogP contribution < -0.4 is 0 Å². The first-order chi connectivity index (χ1) is 9.80. The predicted octanol–water partition coefficient (Wildman–Crippen LogP) is 0.808. The minimum atomic E-state index is -4.34. The highest BCUT2D eigenvalue weighted by molar-refractivity contribution is 7.89. The van der Waals surface area contributed by atoms with Crippen LogP contribution in [0.25, 0.3) is 0 Å². The number of hydrogen-bond acceptors (Lipinski definition) is 4. The molecule has 116 valence electrons. The van der Waals surface area contributed by atoms with E-state index in [0.717, 1.165) is 4.31 Å². The van der Waals surface area contributed by atoms with Gasteiger partial charge in [-0.05, 0) is 25.0 Å². The predicted molar refractivity (Wildman–Crippen MR) is 67.3 cm³/mol. The molecule has 0 aliphatic carbocycles. The van der Waals surface area contributed by atoms with E-state index in [2.05, 4.69) is 0 Å². The third kappa shape index (κ3) is 2.63. The van der Waals surface area contributed by atoms with Gasteiger partial charge in [0.2, 0.25) is 10.0 Å². The zero-order valence-electron chi connectivity index (χ0n) is 10.8. The maximum Gasteiger partial charge on any atom is 0.341 e. The topological polar surface area (TPSA) is 94.9 Å². The highest BCUT2D eigenvalue weighted by Crippen LogP contribution is 2.29. The number of rotatable bonds is 4. The smallest absolute Gasteiger partial charge is 0.341 e. The van der Waals surface area contributed by atoms with Crippen molar-refractivity contribution in [2.24, 2.45) is 0 Å². The van der Waals surface area contributed by atoms with Crippen molar-refractivity contribution >= 4 is 16.0 Å². The number of carboxylic acids is 1. The quantitative estimate of drug-likeness (QED) is 0.856. The zero-order chi connectivity index (χ0) is 15.8. The molecular weight excluding hydrogens is 308 g/mol. The summed E-state index contributed by atoms with van der Waals surface area (Å²) in [5.41, 5.74) is -1.31. The van der Waals surface area contributed by atoms with Crippen LogP contribution in [0.5, 0.6) is 0 Å². The summed E-state index contributed by atoms with van der Waals surface area (Å²) in [6, 6.07) is 0.607. The van der Waals surface area contributed by atoms with Crippen LogP contribution in [0.15, 0.2) is 17.0 Å². The molecular formula is C12H13F2NO5S. The molecule has 1 fully saturated rings. The van der Waals surface area contributed by atoms with Crippen molar-refractivity contribution in [3.05, 3.63) is 29.3 Å². The summed E-state index contributed by atoms with van der Waals surface area (Å²) >= 11 is 0. The summed E-state index contributed by atoms with van der Waals surface area (Å²) < 4.78 is 53.0. The Morgan fingerprint density at radius 1 is 1.38 bits per heavy atom. The summed E-state index contributed by atoms with van der Waals surface area (Å²) in [4.78, 5) is 9.93. The van der Waals surface area contributed by atoms with Gasteiger partial charge in [-0.25, -0.2) is 22.0 Å². The van der Waals surface area contributed by atoms with Crippen molar-refractivity contribution in [1.29, 1.82) is 0 Å². The van der Waals surface area contributed by atoms with Crippen molar-refractivity contribution in [3.8, 4) is 0 Å². The molecule has 1 saturated heterocycles. The van der Waals surface area contributed by atoms with E-state index in [4.69, 9.17) is 10.2 Å². The van der Waals surface area contributed by atoms with Crippen LogP contribution in [0.4, 0.5) is 8.78 Å². The summed E-state index contributed by atoms with van der Waals surface area (Å²) in [6.07, 6.45) is 0.920. The Morgan fingerprint density at radius 3 is 2.62 bits per heavy atom. The fraction of sp³-hybridized carbons (Fsp3) is 0.417. The summed E-state index contributed by atoms with van der Waals surface area (Å²) in [7, 11) is -4.34. The van der Waals surface area contributed by atoms with Crippen LogP contribution in [0.2, 0.25) is 0 Å². The number of sulfonamides is 1. The van der Waals surface area contributed by atoms with Crippen LogP contribution in [-0.4, -0.2) is 48.1 Å². The third-order valence-corrected chi connectivity index (χ3v) is 5.36. The first-order valence-corrected chi connectivity index (χ1v) is 7.58. The fourth-order valence-electron chi connectivity index (χ4n) is 2.36. The van der Waals surface area contributed by atoms with Gasteiger partial charge < -0.3 is 10.2 Å². The first-order valence-electron chi connectivity index (χ1n) is 6.14.